The van der Waals surface area contributed by atoms with Crippen LogP contribution >= 0.6 is 0 Å². The fraction of sp³-hybridized carbons (Fsp3) is 0.222. The Labute approximate surface area is 136 Å². The van der Waals surface area contributed by atoms with E-state index in [-0.39, 0.29) is 17.1 Å². The third-order valence-electron chi connectivity index (χ3n) is 4.65. The largest absolute Gasteiger partial charge is 0.507 e. The van der Waals surface area contributed by atoms with Gasteiger partial charge in [0.1, 0.15) is 13.8 Å². The highest BCUT2D eigenvalue weighted by Gasteiger charge is 2.41. The van der Waals surface area contributed by atoms with Crippen molar-refractivity contribution in [1.29, 1.82) is 0 Å². The number of rotatable bonds is 2. The molecule has 0 atom stereocenters. The van der Waals surface area contributed by atoms with Crippen molar-refractivity contribution in [2.45, 2.75) is 13.1 Å². The molecule has 4 nitrogen and oxygen atoms in total. The van der Waals surface area contributed by atoms with E-state index in [0.29, 0.717) is 17.4 Å². The molecule has 0 spiro atoms. The van der Waals surface area contributed by atoms with Gasteiger partial charge in [-0.15, -0.1) is 0 Å². The highest BCUT2D eigenvalue weighted by molar-refractivity contribution is 7.03. The van der Waals surface area contributed by atoms with Gasteiger partial charge in [0.2, 0.25) is 0 Å². The van der Waals surface area contributed by atoms with Crippen LogP contribution in [0.4, 0.5) is 5.69 Å². The summed E-state index contributed by atoms with van der Waals surface area (Å²) in [7, 11) is 1.63. The second-order valence-electron chi connectivity index (χ2n) is 6.62. The maximum absolute atomic E-state index is 12.9. The molecule has 2 aromatic rings. The van der Waals surface area contributed by atoms with Crippen LogP contribution in [-0.2, 0) is 0 Å². The summed E-state index contributed by atoms with van der Waals surface area (Å²) < 4.78 is 0. The molecule has 0 fully saturated rings. The fourth-order valence-electron chi connectivity index (χ4n) is 3.40. The van der Waals surface area contributed by atoms with Crippen LogP contribution in [0.5, 0.6) is 5.75 Å². The first kappa shape index (κ1) is 15.5. The van der Waals surface area contributed by atoms with Gasteiger partial charge in [0.05, 0.1) is 5.56 Å². The summed E-state index contributed by atoms with van der Waals surface area (Å²) in [5.41, 5.74) is 2.54. The van der Waals surface area contributed by atoms with Gasteiger partial charge in [-0.2, -0.15) is 0 Å². The van der Waals surface area contributed by atoms with Crippen LogP contribution in [0.25, 0.3) is 0 Å². The number of phenols is 1. The second kappa shape index (κ2) is 5.06. The average molecular weight is 325 g/mol. The molecule has 0 unspecified atom stereocenters. The minimum absolute atomic E-state index is 0.0562. The van der Waals surface area contributed by atoms with E-state index < -0.39 is 8.07 Å². The molecule has 0 radical (unpaired) electrons. The van der Waals surface area contributed by atoms with Crippen molar-refractivity contribution >= 4 is 36.2 Å². The van der Waals surface area contributed by atoms with E-state index in [1.807, 2.05) is 37.2 Å². The van der Waals surface area contributed by atoms with Crippen LogP contribution in [0.1, 0.15) is 26.3 Å². The summed E-state index contributed by atoms with van der Waals surface area (Å²) in [4.78, 5) is 26.4. The number of benzene rings is 2. The highest BCUT2D eigenvalue weighted by atomic mass is 28.3. The molecule has 0 saturated carbocycles. The van der Waals surface area contributed by atoms with Gasteiger partial charge in [-0.1, -0.05) is 13.1 Å². The Morgan fingerprint density at radius 2 is 1.74 bits per heavy atom. The van der Waals surface area contributed by atoms with Gasteiger partial charge in [-0.25, -0.2) is 0 Å². The van der Waals surface area contributed by atoms with E-state index in [9.17, 15) is 14.7 Å². The Bertz CT molecular complexity index is 840. The van der Waals surface area contributed by atoms with Gasteiger partial charge in [0.25, 0.3) is 0 Å². The zero-order valence-electron chi connectivity index (χ0n) is 13.7. The summed E-state index contributed by atoms with van der Waals surface area (Å²) in [5.74, 6) is -0.130. The zero-order valence-corrected chi connectivity index (χ0v) is 14.7. The Kier molecular flexibility index (Phi) is 3.41. The Hall–Kier alpha value is -2.40. The summed E-state index contributed by atoms with van der Waals surface area (Å²) >= 11 is 0. The van der Waals surface area contributed by atoms with Gasteiger partial charge in [-0.3, -0.25) is 9.59 Å². The van der Waals surface area contributed by atoms with Crippen LogP contribution < -0.4 is 15.3 Å². The third kappa shape index (κ3) is 2.11. The monoisotopic (exact) mass is 325 g/mol. The van der Waals surface area contributed by atoms with E-state index in [1.54, 1.807) is 6.07 Å². The minimum atomic E-state index is -2.29. The number of phenolic OH excluding ortho intramolecular Hbond substituents is 1. The van der Waals surface area contributed by atoms with E-state index in [0.717, 1.165) is 16.1 Å². The van der Waals surface area contributed by atoms with E-state index >= 15 is 0 Å². The Morgan fingerprint density at radius 1 is 1.09 bits per heavy atom. The molecule has 0 saturated heterocycles. The normalized spacial score (nSPS) is 14.9. The number of ketones is 1. The van der Waals surface area contributed by atoms with Gasteiger partial charge in [-0.05, 0) is 40.7 Å². The number of carbonyl (C=O) groups excluding carboxylic acids is 2. The maximum Gasteiger partial charge on any atom is 0.192 e. The molecular formula is C18H19NO3Si. The SMILES string of the molecule is CN(C)c1ccc2c(c1)[Si](C)(C)c1c(ccc(O)c1C=O)C2=O. The fourth-order valence-corrected chi connectivity index (χ4v) is 6.77. The summed E-state index contributed by atoms with van der Waals surface area (Å²) in [6.45, 7) is 4.23. The Balaban J connectivity index is 2.37. The van der Waals surface area contributed by atoms with E-state index in [2.05, 4.69) is 13.1 Å². The number of hydrogen-bond acceptors (Lipinski definition) is 4. The van der Waals surface area contributed by atoms with Gasteiger partial charge >= 0.3 is 0 Å². The predicted octanol–water partition coefficient (Wildman–Crippen LogP) is 1.64. The summed E-state index contributed by atoms with van der Waals surface area (Å²) in [5, 5.41) is 11.8. The molecule has 5 heteroatoms. The smallest absolute Gasteiger partial charge is 0.192 e. The van der Waals surface area contributed by atoms with E-state index in [1.165, 1.54) is 6.07 Å². The number of fused-ring (bicyclic) bond motifs is 2. The van der Waals surface area contributed by atoms with Crippen molar-refractivity contribution in [2.75, 3.05) is 19.0 Å². The van der Waals surface area contributed by atoms with Crippen molar-refractivity contribution in [1.82, 2.24) is 0 Å². The third-order valence-corrected chi connectivity index (χ3v) is 8.20. The van der Waals surface area contributed by atoms with Crippen LogP contribution in [0.3, 0.4) is 0 Å². The van der Waals surface area contributed by atoms with Crippen molar-refractivity contribution in [2.24, 2.45) is 0 Å². The number of anilines is 1. The molecule has 23 heavy (non-hydrogen) atoms. The summed E-state index contributed by atoms with van der Waals surface area (Å²) in [6, 6.07) is 8.92. The molecule has 1 heterocycles. The molecule has 0 amide bonds. The van der Waals surface area contributed by atoms with Crippen molar-refractivity contribution in [3.63, 3.8) is 0 Å². The van der Waals surface area contributed by atoms with Crippen molar-refractivity contribution in [3.8, 4) is 5.75 Å². The van der Waals surface area contributed by atoms with Crippen LogP contribution in [0.15, 0.2) is 30.3 Å². The zero-order chi connectivity index (χ0) is 16.9. The van der Waals surface area contributed by atoms with E-state index in [4.69, 9.17) is 0 Å². The number of aromatic hydroxyl groups is 1. The van der Waals surface area contributed by atoms with Gasteiger partial charge in [0, 0.05) is 30.9 Å². The number of aldehydes is 1. The highest BCUT2D eigenvalue weighted by Crippen LogP contribution is 2.27. The lowest BCUT2D eigenvalue weighted by Gasteiger charge is -2.34. The second-order valence-corrected chi connectivity index (χ2v) is 10.9. The molecule has 1 N–H and O–H groups in total. The summed E-state index contributed by atoms with van der Waals surface area (Å²) in [6.07, 6.45) is 0.664. The van der Waals surface area contributed by atoms with Crippen LogP contribution in [0, 0.1) is 0 Å². The predicted molar refractivity (Wildman–Crippen MR) is 94.4 cm³/mol. The Morgan fingerprint density at radius 3 is 2.35 bits per heavy atom. The molecule has 1 aliphatic heterocycles. The lowest BCUT2D eigenvalue weighted by atomic mass is 9.99. The van der Waals surface area contributed by atoms with Crippen LogP contribution in [0.2, 0.25) is 13.1 Å². The molecule has 118 valence electrons. The first-order valence-corrected chi connectivity index (χ1v) is 10.5. The molecule has 3 rings (SSSR count). The molecule has 0 aromatic heterocycles. The van der Waals surface area contributed by atoms with Gasteiger partial charge < -0.3 is 10.0 Å². The number of carbonyl (C=O) groups is 2. The average Bonchev–Trinajstić information content (AvgIpc) is 2.52. The lowest BCUT2D eigenvalue weighted by Crippen LogP contribution is -2.61. The topological polar surface area (TPSA) is 57.6 Å². The van der Waals surface area contributed by atoms with Crippen LogP contribution in [-0.4, -0.2) is 39.3 Å². The minimum Gasteiger partial charge on any atom is -0.507 e. The molecular weight excluding hydrogens is 306 g/mol. The molecule has 2 aromatic carbocycles. The first-order chi connectivity index (χ1) is 10.8. The van der Waals surface area contributed by atoms with Crippen molar-refractivity contribution in [3.05, 3.63) is 47.0 Å². The molecule has 0 bridgehead atoms. The maximum atomic E-state index is 12.9. The van der Waals surface area contributed by atoms with Gasteiger partial charge in [0.15, 0.2) is 12.1 Å². The number of hydrogen-bond donors (Lipinski definition) is 1. The first-order valence-electron chi connectivity index (χ1n) is 7.47. The standard InChI is InChI=1S/C18H19NO3Si/c1-19(2)11-5-6-12-16(9-11)23(3,4)18-13(17(12)22)7-8-15(21)14(18)10-20/h5-10,21H,1-4H3. The van der Waals surface area contributed by atoms with Crippen molar-refractivity contribution < 1.29 is 14.7 Å². The number of nitrogens with zero attached hydrogens (tertiary/aromatic N) is 1. The molecule has 1 aliphatic rings. The molecule has 0 aliphatic carbocycles. The quantitative estimate of drug-likeness (QED) is 0.674. The lowest BCUT2D eigenvalue weighted by molar-refractivity contribution is 0.104.